The fourth-order valence-electron chi connectivity index (χ4n) is 3.46. The molecule has 2 N–H and O–H groups in total. The Balaban J connectivity index is 1.74. The molecule has 0 unspecified atom stereocenters. The van der Waals surface area contributed by atoms with E-state index in [2.05, 4.69) is 15.9 Å². The van der Waals surface area contributed by atoms with Crippen LogP contribution in [0.5, 0.6) is 0 Å². The largest absolute Gasteiger partial charge is 0.398 e. The zero-order valence-electron chi connectivity index (χ0n) is 15.4. The Labute approximate surface area is 158 Å². The van der Waals surface area contributed by atoms with Crippen LogP contribution in [-0.4, -0.2) is 36.0 Å². The number of aryl methyl sites for hydroxylation is 1. The van der Waals surface area contributed by atoms with Crippen LogP contribution in [0.15, 0.2) is 36.4 Å². The second kappa shape index (κ2) is 8.06. The van der Waals surface area contributed by atoms with Gasteiger partial charge in [-0.3, -0.25) is 15.0 Å². The monoisotopic (exact) mass is 365 g/mol. The Morgan fingerprint density at radius 3 is 2.78 bits per heavy atom. The molecule has 1 fully saturated rings. The summed E-state index contributed by atoms with van der Waals surface area (Å²) in [7, 11) is 0. The standard InChI is InChI=1S/C20H23N5O2/c1-15-10-20(25(26)27)19(12-18(15)22)24-7-3-6-23(8-9-24)14-17-5-2-4-16(11-17)13-21/h2,4-5,10-12H,3,6-9,14,22H2,1H3. The summed E-state index contributed by atoms with van der Waals surface area (Å²) in [6.07, 6.45) is 0.906. The van der Waals surface area contributed by atoms with Crippen molar-refractivity contribution in [2.75, 3.05) is 36.8 Å². The highest BCUT2D eigenvalue weighted by Gasteiger charge is 2.23. The summed E-state index contributed by atoms with van der Waals surface area (Å²) < 4.78 is 0. The van der Waals surface area contributed by atoms with Crippen LogP contribution in [0.1, 0.15) is 23.1 Å². The van der Waals surface area contributed by atoms with Crippen molar-refractivity contribution in [3.8, 4) is 6.07 Å². The molecule has 1 aliphatic heterocycles. The predicted molar refractivity (Wildman–Crippen MR) is 106 cm³/mol. The van der Waals surface area contributed by atoms with Gasteiger partial charge in [-0.25, -0.2) is 0 Å². The van der Waals surface area contributed by atoms with Gasteiger partial charge in [-0.2, -0.15) is 5.26 Å². The van der Waals surface area contributed by atoms with Crippen LogP contribution in [0.4, 0.5) is 17.1 Å². The van der Waals surface area contributed by atoms with Gasteiger partial charge in [0.15, 0.2) is 0 Å². The molecule has 2 aromatic rings. The summed E-state index contributed by atoms with van der Waals surface area (Å²) in [5.41, 5.74) is 9.77. The topological polar surface area (TPSA) is 99.4 Å². The molecule has 0 amide bonds. The fraction of sp³-hybridized carbons (Fsp3) is 0.350. The normalized spacial score (nSPS) is 15.2. The molecule has 1 heterocycles. The van der Waals surface area contributed by atoms with Gasteiger partial charge >= 0.3 is 0 Å². The van der Waals surface area contributed by atoms with Gasteiger partial charge in [0.05, 0.1) is 16.6 Å². The van der Waals surface area contributed by atoms with E-state index in [1.54, 1.807) is 25.1 Å². The average molecular weight is 365 g/mol. The summed E-state index contributed by atoms with van der Waals surface area (Å²) in [4.78, 5) is 15.5. The number of nitro groups is 1. The zero-order chi connectivity index (χ0) is 19.4. The Morgan fingerprint density at radius 2 is 2.04 bits per heavy atom. The van der Waals surface area contributed by atoms with Crippen LogP contribution in [0, 0.1) is 28.4 Å². The van der Waals surface area contributed by atoms with Gasteiger partial charge in [-0.05, 0) is 42.7 Å². The first-order valence-electron chi connectivity index (χ1n) is 8.99. The van der Waals surface area contributed by atoms with E-state index in [-0.39, 0.29) is 10.6 Å². The zero-order valence-corrected chi connectivity index (χ0v) is 15.4. The van der Waals surface area contributed by atoms with Crippen molar-refractivity contribution in [1.82, 2.24) is 4.90 Å². The van der Waals surface area contributed by atoms with Crippen molar-refractivity contribution >= 4 is 17.1 Å². The van der Waals surface area contributed by atoms with E-state index in [9.17, 15) is 10.1 Å². The first-order valence-corrected chi connectivity index (χ1v) is 8.99. The highest BCUT2D eigenvalue weighted by molar-refractivity contribution is 5.71. The number of benzene rings is 2. The number of nitrogens with zero attached hydrogens (tertiary/aromatic N) is 4. The maximum absolute atomic E-state index is 11.5. The molecule has 3 rings (SSSR count). The molecule has 7 nitrogen and oxygen atoms in total. The van der Waals surface area contributed by atoms with Gasteiger partial charge in [0.2, 0.25) is 0 Å². The van der Waals surface area contributed by atoms with E-state index in [4.69, 9.17) is 11.0 Å². The Morgan fingerprint density at radius 1 is 1.22 bits per heavy atom. The average Bonchev–Trinajstić information content (AvgIpc) is 2.89. The van der Waals surface area contributed by atoms with Crippen LogP contribution in [0.2, 0.25) is 0 Å². The minimum Gasteiger partial charge on any atom is -0.398 e. The molecule has 7 heteroatoms. The van der Waals surface area contributed by atoms with Crippen molar-refractivity contribution in [2.45, 2.75) is 19.9 Å². The minimum atomic E-state index is -0.335. The smallest absolute Gasteiger partial charge is 0.292 e. The van der Waals surface area contributed by atoms with Crippen molar-refractivity contribution in [3.63, 3.8) is 0 Å². The Bertz CT molecular complexity index is 890. The first-order chi connectivity index (χ1) is 13.0. The van der Waals surface area contributed by atoms with Crippen LogP contribution in [-0.2, 0) is 6.54 Å². The van der Waals surface area contributed by atoms with Gasteiger partial charge < -0.3 is 10.6 Å². The number of nitrogen functional groups attached to an aromatic ring is 1. The minimum absolute atomic E-state index is 0.108. The molecule has 0 atom stereocenters. The van der Waals surface area contributed by atoms with E-state index in [0.717, 1.165) is 43.7 Å². The number of nitro benzene ring substituents is 1. The third-order valence-electron chi connectivity index (χ3n) is 4.95. The van der Waals surface area contributed by atoms with E-state index in [1.807, 2.05) is 18.2 Å². The first kappa shape index (κ1) is 18.7. The van der Waals surface area contributed by atoms with Crippen LogP contribution in [0.25, 0.3) is 0 Å². The van der Waals surface area contributed by atoms with Gasteiger partial charge in [0.1, 0.15) is 5.69 Å². The summed E-state index contributed by atoms with van der Waals surface area (Å²) in [5.74, 6) is 0. The molecule has 0 spiro atoms. The lowest BCUT2D eigenvalue weighted by molar-refractivity contribution is -0.384. The number of anilines is 2. The molecule has 0 radical (unpaired) electrons. The van der Waals surface area contributed by atoms with Crippen molar-refractivity contribution < 1.29 is 4.92 Å². The van der Waals surface area contributed by atoms with Crippen molar-refractivity contribution in [3.05, 3.63) is 63.2 Å². The Kier molecular flexibility index (Phi) is 5.57. The third kappa shape index (κ3) is 4.36. The highest BCUT2D eigenvalue weighted by Crippen LogP contribution is 2.33. The lowest BCUT2D eigenvalue weighted by Gasteiger charge is -2.24. The fourth-order valence-corrected chi connectivity index (χ4v) is 3.46. The van der Waals surface area contributed by atoms with Crippen LogP contribution >= 0.6 is 0 Å². The van der Waals surface area contributed by atoms with Gasteiger partial charge in [-0.1, -0.05) is 12.1 Å². The molecule has 0 aromatic heterocycles. The molecular weight excluding hydrogens is 342 g/mol. The molecule has 1 saturated heterocycles. The Hall–Kier alpha value is -3.11. The lowest BCUT2D eigenvalue weighted by atomic mass is 10.1. The van der Waals surface area contributed by atoms with Crippen molar-refractivity contribution in [2.24, 2.45) is 0 Å². The third-order valence-corrected chi connectivity index (χ3v) is 4.95. The summed E-state index contributed by atoms with van der Waals surface area (Å²) in [6, 6.07) is 13.1. The van der Waals surface area contributed by atoms with E-state index in [1.165, 1.54) is 0 Å². The second-order valence-electron chi connectivity index (χ2n) is 6.88. The molecule has 2 aromatic carbocycles. The number of rotatable bonds is 4. The van der Waals surface area contributed by atoms with E-state index < -0.39 is 0 Å². The molecule has 27 heavy (non-hydrogen) atoms. The maximum atomic E-state index is 11.5. The molecule has 1 aliphatic rings. The maximum Gasteiger partial charge on any atom is 0.292 e. The van der Waals surface area contributed by atoms with E-state index in [0.29, 0.717) is 23.5 Å². The second-order valence-corrected chi connectivity index (χ2v) is 6.88. The van der Waals surface area contributed by atoms with E-state index >= 15 is 0 Å². The molecule has 0 aliphatic carbocycles. The predicted octanol–water partition coefficient (Wildman–Crippen LogP) is 3.07. The lowest BCUT2D eigenvalue weighted by Crippen LogP contribution is -2.31. The van der Waals surface area contributed by atoms with Gasteiger partial charge in [0.25, 0.3) is 5.69 Å². The molecule has 0 saturated carbocycles. The number of hydrogen-bond donors (Lipinski definition) is 1. The number of hydrogen-bond acceptors (Lipinski definition) is 6. The van der Waals surface area contributed by atoms with Crippen LogP contribution in [0.3, 0.4) is 0 Å². The van der Waals surface area contributed by atoms with Crippen molar-refractivity contribution in [1.29, 1.82) is 5.26 Å². The molecular formula is C20H23N5O2. The summed E-state index contributed by atoms with van der Waals surface area (Å²) >= 11 is 0. The van der Waals surface area contributed by atoms with Gasteiger partial charge in [-0.15, -0.1) is 0 Å². The highest BCUT2D eigenvalue weighted by atomic mass is 16.6. The number of nitriles is 1. The number of nitrogens with two attached hydrogens (primary N) is 1. The molecule has 140 valence electrons. The van der Waals surface area contributed by atoms with Gasteiger partial charge in [0, 0.05) is 44.5 Å². The van der Waals surface area contributed by atoms with Crippen LogP contribution < -0.4 is 10.6 Å². The SMILES string of the molecule is Cc1cc([N+](=O)[O-])c(N2CCCN(Cc3cccc(C#N)c3)CC2)cc1N. The molecule has 0 bridgehead atoms. The summed E-state index contributed by atoms with van der Waals surface area (Å²) in [6.45, 7) is 5.69. The quantitative estimate of drug-likeness (QED) is 0.508. The summed E-state index contributed by atoms with van der Waals surface area (Å²) in [5, 5.41) is 20.5.